The largest absolute Gasteiger partial charge is 0.371 e. The summed E-state index contributed by atoms with van der Waals surface area (Å²) in [6, 6.07) is 2.52. The fourth-order valence-electron chi connectivity index (χ4n) is 2.50. The summed E-state index contributed by atoms with van der Waals surface area (Å²) in [5, 5.41) is 22.0. The van der Waals surface area contributed by atoms with Gasteiger partial charge in [-0.15, -0.1) is 0 Å². The third-order valence-electron chi connectivity index (χ3n) is 3.28. The maximum absolute atomic E-state index is 11.1. The van der Waals surface area contributed by atoms with Crippen LogP contribution in [0, 0.1) is 20.2 Å². The molecule has 7 heteroatoms. The van der Waals surface area contributed by atoms with Crippen molar-refractivity contribution in [3.05, 3.63) is 37.9 Å². The van der Waals surface area contributed by atoms with Crippen LogP contribution in [-0.4, -0.2) is 22.9 Å². The summed E-state index contributed by atoms with van der Waals surface area (Å²) >= 11 is 0. The van der Waals surface area contributed by atoms with Crippen molar-refractivity contribution in [2.45, 2.75) is 26.2 Å². The summed E-state index contributed by atoms with van der Waals surface area (Å²) in [6.45, 7) is 3.56. The molecule has 2 rings (SSSR count). The maximum Gasteiger partial charge on any atom is 0.281 e. The van der Waals surface area contributed by atoms with Crippen molar-refractivity contribution in [3.8, 4) is 0 Å². The monoisotopic (exact) mass is 265 g/mol. The Morgan fingerprint density at radius 3 is 2.58 bits per heavy atom. The van der Waals surface area contributed by atoms with Gasteiger partial charge in [-0.05, 0) is 19.3 Å². The number of hydrogen-bond acceptors (Lipinski definition) is 5. The Morgan fingerprint density at radius 2 is 2.00 bits per heavy atom. The van der Waals surface area contributed by atoms with E-state index < -0.39 is 9.85 Å². The number of nitrogens with zero attached hydrogens (tertiary/aromatic N) is 3. The van der Waals surface area contributed by atoms with Gasteiger partial charge in [0.1, 0.15) is 0 Å². The van der Waals surface area contributed by atoms with Crippen LogP contribution in [0.25, 0.3) is 0 Å². The first kappa shape index (κ1) is 13.3. The van der Waals surface area contributed by atoms with Crippen LogP contribution in [0.2, 0.25) is 0 Å². The summed E-state index contributed by atoms with van der Waals surface area (Å²) in [6.07, 6.45) is 2.34. The molecular formula is C12H15N3O4. The molecule has 0 aliphatic carbocycles. The summed E-state index contributed by atoms with van der Waals surface area (Å²) < 4.78 is 0. The first-order valence-electron chi connectivity index (χ1n) is 6.25. The number of nitro benzene ring substituents is 2. The molecule has 0 fully saturated rings. The van der Waals surface area contributed by atoms with Crippen LogP contribution >= 0.6 is 0 Å². The lowest BCUT2D eigenvalue weighted by molar-refractivity contribution is -0.394. The number of hydrogen-bond donors (Lipinski definition) is 0. The van der Waals surface area contributed by atoms with E-state index in [-0.39, 0.29) is 11.4 Å². The molecule has 0 N–H and O–H groups in total. The Hall–Kier alpha value is -2.18. The van der Waals surface area contributed by atoms with Crippen molar-refractivity contribution < 1.29 is 9.85 Å². The minimum Gasteiger partial charge on any atom is -0.371 e. The van der Waals surface area contributed by atoms with Gasteiger partial charge in [-0.1, -0.05) is 6.92 Å². The molecule has 1 aliphatic rings. The highest BCUT2D eigenvalue weighted by molar-refractivity contribution is 5.68. The zero-order valence-corrected chi connectivity index (χ0v) is 10.7. The van der Waals surface area contributed by atoms with Gasteiger partial charge >= 0.3 is 0 Å². The lowest BCUT2D eigenvalue weighted by Crippen LogP contribution is -2.30. The number of non-ortho nitro benzene ring substituents is 1. The molecule has 0 saturated carbocycles. The van der Waals surface area contributed by atoms with Crippen LogP contribution in [-0.2, 0) is 6.42 Å². The Labute approximate surface area is 110 Å². The van der Waals surface area contributed by atoms with Crippen molar-refractivity contribution in [3.63, 3.8) is 0 Å². The van der Waals surface area contributed by atoms with E-state index in [4.69, 9.17) is 0 Å². The fourth-order valence-corrected chi connectivity index (χ4v) is 2.50. The van der Waals surface area contributed by atoms with Crippen LogP contribution < -0.4 is 4.90 Å². The van der Waals surface area contributed by atoms with E-state index in [1.54, 1.807) is 0 Å². The quantitative estimate of drug-likeness (QED) is 0.616. The normalized spacial score (nSPS) is 14.1. The van der Waals surface area contributed by atoms with Crippen LogP contribution in [0.3, 0.4) is 0 Å². The zero-order valence-electron chi connectivity index (χ0n) is 10.7. The van der Waals surface area contributed by atoms with Gasteiger partial charge in [-0.2, -0.15) is 0 Å². The Bertz CT molecular complexity index is 530. The van der Waals surface area contributed by atoms with Gasteiger partial charge in [0, 0.05) is 19.2 Å². The van der Waals surface area contributed by atoms with Gasteiger partial charge < -0.3 is 4.90 Å². The second-order valence-electron chi connectivity index (χ2n) is 4.57. The Balaban J connectivity index is 2.58. The summed E-state index contributed by atoms with van der Waals surface area (Å²) in [4.78, 5) is 22.9. The molecule has 0 aromatic heterocycles. The van der Waals surface area contributed by atoms with Gasteiger partial charge in [-0.3, -0.25) is 20.2 Å². The average Bonchev–Trinajstić information content (AvgIpc) is 2.38. The fraction of sp³-hybridized carbons (Fsp3) is 0.500. The molecular weight excluding hydrogens is 250 g/mol. The molecule has 0 atom stereocenters. The third-order valence-corrected chi connectivity index (χ3v) is 3.28. The number of rotatable bonds is 4. The van der Waals surface area contributed by atoms with Crippen LogP contribution in [0.1, 0.15) is 25.3 Å². The highest BCUT2D eigenvalue weighted by atomic mass is 16.6. The van der Waals surface area contributed by atoms with Crippen molar-refractivity contribution in [1.82, 2.24) is 0 Å². The minimum atomic E-state index is -0.577. The smallest absolute Gasteiger partial charge is 0.281 e. The van der Waals surface area contributed by atoms with Gasteiger partial charge in [0.05, 0.1) is 27.2 Å². The summed E-state index contributed by atoms with van der Waals surface area (Å²) in [5.41, 5.74) is 0.919. The predicted molar refractivity (Wildman–Crippen MR) is 70.6 cm³/mol. The molecule has 0 unspecified atom stereocenters. The van der Waals surface area contributed by atoms with Crippen LogP contribution in [0.15, 0.2) is 12.1 Å². The van der Waals surface area contributed by atoms with E-state index in [0.29, 0.717) is 17.7 Å². The molecule has 19 heavy (non-hydrogen) atoms. The third kappa shape index (κ3) is 2.49. The van der Waals surface area contributed by atoms with Crippen LogP contribution in [0.5, 0.6) is 0 Å². The number of anilines is 1. The zero-order chi connectivity index (χ0) is 14.0. The molecule has 0 spiro atoms. The molecule has 1 aliphatic heterocycles. The van der Waals surface area contributed by atoms with Crippen LogP contribution in [0.4, 0.5) is 17.1 Å². The summed E-state index contributed by atoms with van der Waals surface area (Å²) in [7, 11) is 0. The number of benzene rings is 1. The molecule has 1 aromatic rings. The van der Waals surface area contributed by atoms with Gasteiger partial charge in [0.15, 0.2) is 0 Å². The van der Waals surface area contributed by atoms with E-state index >= 15 is 0 Å². The SMILES string of the molecule is CCCN1CCCc2c1cc([N+](=O)[O-])cc2[N+](=O)[O-]. The first-order valence-corrected chi connectivity index (χ1v) is 6.25. The van der Waals surface area contributed by atoms with E-state index in [0.717, 1.165) is 32.0 Å². The molecule has 0 saturated heterocycles. The second kappa shape index (κ2) is 5.21. The molecule has 0 bridgehead atoms. The van der Waals surface area contributed by atoms with Crippen molar-refractivity contribution in [2.24, 2.45) is 0 Å². The molecule has 0 amide bonds. The first-order chi connectivity index (χ1) is 9.04. The highest BCUT2D eigenvalue weighted by Crippen LogP contribution is 2.37. The van der Waals surface area contributed by atoms with Crippen molar-refractivity contribution in [2.75, 3.05) is 18.0 Å². The minimum absolute atomic E-state index is 0.134. The lowest BCUT2D eigenvalue weighted by atomic mass is 9.99. The molecule has 1 aromatic carbocycles. The van der Waals surface area contributed by atoms with Gasteiger partial charge in [-0.25, -0.2) is 0 Å². The standard InChI is InChI=1S/C12H15N3O4/c1-2-5-13-6-3-4-10-11(13)7-9(14(16)17)8-12(10)15(18)19/h7-8H,2-6H2,1H3. The van der Waals surface area contributed by atoms with E-state index in [1.165, 1.54) is 6.07 Å². The number of fused-ring (bicyclic) bond motifs is 1. The van der Waals surface area contributed by atoms with Gasteiger partial charge in [0.25, 0.3) is 11.4 Å². The molecule has 102 valence electrons. The predicted octanol–water partition coefficient (Wildman–Crippen LogP) is 2.67. The molecule has 0 radical (unpaired) electrons. The topological polar surface area (TPSA) is 89.5 Å². The Morgan fingerprint density at radius 1 is 1.26 bits per heavy atom. The van der Waals surface area contributed by atoms with E-state index in [9.17, 15) is 20.2 Å². The Kier molecular flexibility index (Phi) is 3.64. The van der Waals surface area contributed by atoms with E-state index in [1.807, 2.05) is 11.8 Å². The summed E-state index contributed by atoms with van der Waals surface area (Å²) in [5.74, 6) is 0. The van der Waals surface area contributed by atoms with Crippen molar-refractivity contribution in [1.29, 1.82) is 0 Å². The number of nitro groups is 2. The van der Waals surface area contributed by atoms with Gasteiger partial charge in [0.2, 0.25) is 0 Å². The highest BCUT2D eigenvalue weighted by Gasteiger charge is 2.28. The second-order valence-corrected chi connectivity index (χ2v) is 4.57. The maximum atomic E-state index is 11.1. The van der Waals surface area contributed by atoms with Crippen molar-refractivity contribution >= 4 is 17.1 Å². The van der Waals surface area contributed by atoms with E-state index in [2.05, 4.69) is 0 Å². The molecule has 7 nitrogen and oxygen atoms in total. The average molecular weight is 265 g/mol. The molecule has 1 heterocycles. The lowest BCUT2D eigenvalue weighted by Gasteiger charge is -2.30.